The van der Waals surface area contributed by atoms with Crippen LogP contribution in [0.4, 0.5) is 0 Å². The monoisotopic (exact) mass is 400 g/mol. The first-order valence-electron chi connectivity index (χ1n) is 7.78. The quantitative estimate of drug-likeness (QED) is 0.679. The van der Waals surface area contributed by atoms with Crippen molar-refractivity contribution in [1.29, 1.82) is 0 Å². The third-order valence-corrected chi connectivity index (χ3v) is 5.72. The van der Waals surface area contributed by atoms with Crippen LogP contribution in [0.1, 0.15) is 13.8 Å². The van der Waals surface area contributed by atoms with Crippen LogP contribution >= 0.6 is 0 Å². The molecule has 0 radical (unpaired) electrons. The van der Waals surface area contributed by atoms with Crippen molar-refractivity contribution in [2.45, 2.75) is 29.7 Å². The Labute approximate surface area is 153 Å². The number of hydrogen-bond donors (Lipinski definition) is 1. The van der Waals surface area contributed by atoms with Crippen molar-refractivity contribution >= 4 is 20.0 Å². The Kier molecular flexibility index (Phi) is 6.27. The summed E-state index contributed by atoms with van der Waals surface area (Å²) in [5.74, 6) is 0.340. The first-order chi connectivity index (χ1) is 12.1. The summed E-state index contributed by atoms with van der Waals surface area (Å²) in [6.07, 6.45) is -0.00850. The Balaban J connectivity index is 2.11. The van der Waals surface area contributed by atoms with E-state index in [-0.39, 0.29) is 22.5 Å². The fourth-order valence-electron chi connectivity index (χ4n) is 2.09. The van der Waals surface area contributed by atoms with Crippen LogP contribution in [-0.2, 0) is 20.0 Å². The largest absolute Gasteiger partial charge is 0.492 e. The van der Waals surface area contributed by atoms with Crippen LogP contribution < -0.4 is 9.47 Å². The van der Waals surface area contributed by atoms with E-state index in [4.69, 9.17) is 14.0 Å². The lowest BCUT2D eigenvalue weighted by atomic mass is 10.3. The van der Waals surface area contributed by atoms with Gasteiger partial charge in [-0.3, -0.25) is 4.55 Å². The SMILES string of the molecule is CC(C)Oc1ccc(S(=O)(=O)c2ccc(OCCS(=O)(=O)O)cc2)cc1. The van der Waals surface area contributed by atoms with E-state index in [1.807, 2.05) is 13.8 Å². The maximum Gasteiger partial charge on any atom is 0.268 e. The lowest BCUT2D eigenvalue weighted by Gasteiger charge is -2.11. The lowest BCUT2D eigenvalue weighted by molar-refractivity contribution is 0.242. The molecule has 0 saturated heterocycles. The van der Waals surface area contributed by atoms with Crippen LogP contribution in [0.15, 0.2) is 58.3 Å². The molecule has 142 valence electrons. The fraction of sp³-hybridized carbons (Fsp3) is 0.294. The number of rotatable bonds is 8. The van der Waals surface area contributed by atoms with Crippen molar-refractivity contribution < 1.29 is 30.9 Å². The van der Waals surface area contributed by atoms with Crippen LogP contribution in [0.5, 0.6) is 11.5 Å². The minimum absolute atomic E-state index is 0.00850. The summed E-state index contributed by atoms with van der Waals surface area (Å²) >= 11 is 0. The Morgan fingerprint density at radius 1 is 0.846 bits per heavy atom. The zero-order valence-corrected chi connectivity index (χ0v) is 16.0. The molecule has 1 N–H and O–H groups in total. The van der Waals surface area contributed by atoms with Crippen molar-refractivity contribution in [1.82, 2.24) is 0 Å². The molecule has 0 unspecified atom stereocenters. The van der Waals surface area contributed by atoms with Crippen LogP contribution in [-0.4, -0.2) is 39.9 Å². The highest BCUT2D eigenvalue weighted by Gasteiger charge is 2.18. The van der Waals surface area contributed by atoms with Crippen LogP contribution in [0.25, 0.3) is 0 Å². The van der Waals surface area contributed by atoms with Gasteiger partial charge in [0.25, 0.3) is 10.1 Å². The predicted octanol–water partition coefficient (Wildman–Crippen LogP) is 2.57. The molecule has 26 heavy (non-hydrogen) atoms. The van der Waals surface area contributed by atoms with Gasteiger partial charge in [-0.25, -0.2) is 8.42 Å². The third-order valence-electron chi connectivity index (χ3n) is 3.25. The van der Waals surface area contributed by atoms with Gasteiger partial charge in [0.2, 0.25) is 9.84 Å². The van der Waals surface area contributed by atoms with E-state index in [0.717, 1.165) is 0 Å². The lowest BCUT2D eigenvalue weighted by Crippen LogP contribution is -2.12. The fourth-order valence-corrected chi connectivity index (χ4v) is 3.64. The molecule has 0 heterocycles. The van der Waals surface area contributed by atoms with Crippen molar-refractivity contribution in [3.05, 3.63) is 48.5 Å². The van der Waals surface area contributed by atoms with Crippen LogP contribution in [0.3, 0.4) is 0 Å². The Morgan fingerprint density at radius 3 is 1.73 bits per heavy atom. The van der Waals surface area contributed by atoms with Gasteiger partial charge in [0.15, 0.2) is 0 Å². The normalized spacial score (nSPS) is 12.2. The van der Waals surface area contributed by atoms with Crippen molar-refractivity contribution in [2.75, 3.05) is 12.4 Å². The number of hydrogen-bond acceptors (Lipinski definition) is 6. The Morgan fingerprint density at radius 2 is 1.31 bits per heavy atom. The van der Waals surface area contributed by atoms with E-state index in [1.165, 1.54) is 36.4 Å². The number of benzene rings is 2. The van der Waals surface area contributed by atoms with Gasteiger partial charge in [0.1, 0.15) is 23.9 Å². The predicted molar refractivity (Wildman–Crippen MR) is 96.0 cm³/mol. The summed E-state index contributed by atoms with van der Waals surface area (Å²) in [6, 6.07) is 11.7. The number of ether oxygens (including phenoxy) is 2. The zero-order valence-electron chi connectivity index (χ0n) is 14.3. The van der Waals surface area contributed by atoms with Crippen LogP contribution in [0, 0.1) is 0 Å². The molecular weight excluding hydrogens is 380 g/mol. The molecule has 0 atom stereocenters. The topological polar surface area (TPSA) is 107 Å². The average Bonchev–Trinajstić information content (AvgIpc) is 2.54. The second-order valence-electron chi connectivity index (χ2n) is 5.75. The minimum atomic E-state index is -4.10. The maximum atomic E-state index is 12.6. The van der Waals surface area contributed by atoms with Gasteiger partial charge in [0.05, 0.1) is 15.9 Å². The molecule has 0 aliphatic rings. The second kappa shape index (κ2) is 8.07. The van der Waals surface area contributed by atoms with E-state index in [2.05, 4.69) is 0 Å². The van der Waals surface area contributed by atoms with E-state index in [1.54, 1.807) is 12.1 Å². The van der Waals surface area contributed by atoms with Gasteiger partial charge < -0.3 is 9.47 Å². The van der Waals surface area contributed by atoms with Crippen molar-refractivity contribution in [3.63, 3.8) is 0 Å². The molecule has 0 aliphatic carbocycles. The maximum absolute atomic E-state index is 12.6. The second-order valence-corrected chi connectivity index (χ2v) is 9.27. The first kappa shape index (κ1) is 20.2. The number of sulfone groups is 1. The molecule has 0 amide bonds. The summed E-state index contributed by atoms with van der Waals surface area (Å²) < 4.78 is 65.8. The van der Waals surface area contributed by atoms with Gasteiger partial charge >= 0.3 is 0 Å². The molecule has 0 bridgehead atoms. The molecule has 0 saturated carbocycles. The molecule has 2 aromatic carbocycles. The molecule has 2 rings (SSSR count). The summed E-state index contributed by atoms with van der Waals surface area (Å²) in [7, 11) is -7.80. The summed E-state index contributed by atoms with van der Waals surface area (Å²) in [5.41, 5.74) is 0. The highest BCUT2D eigenvalue weighted by molar-refractivity contribution is 7.91. The van der Waals surface area contributed by atoms with E-state index in [0.29, 0.717) is 11.5 Å². The summed E-state index contributed by atoms with van der Waals surface area (Å²) in [6.45, 7) is 3.52. The Hall–Kier alpha value is -2.10. The van der Waals surface area contributed by atoms with Gasteiger partial charge in [-0.15, -0.1) is 0 Å². The van der Waals surface area contributed by atoms with Crippen molar-refractivity contribution in [3.8, 4) is 11.5 Å². The van der Waals surface area contributed by atoms with Crippen LogP contribution in [0.2, 0.25) is 0 Å². The van der Waals surface area contributed by atoms with Gasteiger partial charge in [0, 0.05) is 0 Å². The minimum Gasteiger partial charge on any atom is -0.492 e. The zero-order chi connectivity index (χ0) is 19.4. The van der Waals surface area contributed by atoms with Gasteiger partial charge in [-0.2, -0.15) is 8.42 Å². The molecular formula is C17H20O7S2. The highest BCUT2D eigenvalue weighted by Crippen LogP contribution is 2.25. The third kappa shape index (κ3) is 5.72. The summed E-state index contributed by atoms with van der Waals surface area (Å²) in [5, 5.41) is 0. The molecule has 9 heteroatoms. The summed E-state index contributed by atoms with van der Waals surface area (Å²) in [4.78, 5) is 0.214. The standard InChI is InChI=1S/C17H20O7S2/c1-13(2)24-15-5-9-17(10-6-15)26(21,22)16-7-3-14(4-8-16)23-11-12-25(18,19)20/h3-10,13H,11-12H2,1-2H3,(H,18,19,20). The van der Waals surface area contributed by atoms with E-state index < -0.39 is 25.7 Å². The van der Waals surface area contributed by atoms with Gasteiger partial charge in [-0.1, -0.05) is 0 Å². The van der Waals surface area contributed by atoms with E-state index in [9.17, 15) is 16.8 Å². The van der Waals surface area contributed by atoms with Gasteiger partial charge in [-0.05, 0) is 62.4 Å². The Bertz CT molecular complexity index is 930. The first-order valence-corrected chi connectivity index (χ1v) is 10.9. The molecule has 0 aliphatic heterocycles. The highest BCUT2D eigenvalue weighted by atomic mass is 32.2. The molecule has 0 spiro atoms. The molecule has 7 nitrogen and oxygen atoms in total. The van der Waals surface area contributed by atoms with Crippen molar-refractivity contribution in [2.24, 2.45) is 0 Å². The van der Waals surface area contributed by atoms with E-state index >= 15 is 0 Å². The average molecular weight is 400 g/mol. The molecule has 0 fully saturated rings. The molecule has 2 aromatic rings. The molecule has 0 aromatic heterocycles. The smallest absolute Gasteiger partial charge is 0.268 e.